The number of halogens is 3. The minimum atomic E-state index is -4.36. The number of fused-ring (bicyclic) bond motifs is 1. The lowest BCUT2D eigenvalue weighted by atomic mass is 10.2. The van der Waals surface area contributed by atoms with Crippen molar-refractivity contribution < 1.29 is 18.0 Å². The van der Waals surface area contributed by atoms with Gasteiger partial charge in [0.1, 0.15) is 0 Å². The van der Waals surface area contributed by atoms with Crippen LogP contribution < -0.4 is 5.32 Å². The number of rotatable bonds is 2. The van der Waals surface area contributed by atoms with Crippen LogP contribution >= 0.6 is 11.3 Å². The topological polar surface area (TPSA) is 45.2 Å². The Morgan fingerprint density at radius 3 is 2.86 bits per heavy atom. The Morgan fingerprint density at radius 1 is 1.45 bits per heavy atom. The lowest BCUT2D eigenvalue weighted by Crippen LogP contribution is -2.29. The van der Waals surface area contributed by atoms with Gasteiger partial charge in [-0.15, -0.1) is 0 Å². The number of aromatic nitrogens is 1. The average molecular weight is 329 g/mol. The van der Waals surface area contributed by atoms with Gasteiger partial charge in [-0.1, -0.05) is 11.3 Å². The Kier molecular flexibility index (Phi) is 3.72. The van der Waals surface area contributed by atoms with Crippen molar-refractivity contribution in [3.05, 3.63) is 23.8 Å². The van der Waals surface area contributed by atoms with Crippen LogP contribution in [0, 0.1) is 0 Å². The highest BCUT2D eigenvalue weighted by Crippen LogP contribution is 2.34. The molecule has 2 heterocycles. The molecule has 0 aliphatic carbocycles. The molecule has 1 aromatic heterocycles. The number of carbonyl (C=O) groups is 1. The zero-order valence-corrected chi connectivity index (χ0v) is 12.6. The SMILES string of the molecule is CC(=O)N1CCC(Nc2nc3cc(C(F)(F)F)ccc3s2)C1. The summed E-state index contributed by atoms with van der Waals surface area (Å²) in [6, 6.07) is 3.66. The molecule has 1 unspecified atom stereocenters. The highest BCUT2D eigenvalue weighted by molar-refractivity contribution is 7.22. The van der Waals surface area contributed by atoms with Crippen molar-refractivity contribution in [2.24, 2.45) is 0 Å². The van der Waals surface area contributed by atoms with E-state index in [0.29, 0.717) is 28.4 Å². The summed E-state index contributed by atoms with van der Waals surface area (Å²) in [4.78, 5) is 17.3. The third kappa shape index (κ3) is 3.01. The first-order valence-corrected chi connectivity index (χ1v) is 7.64. The molecule has 1 aromatic carbocycles. The average Bonchev–Trinajstić information content (AvgIpc) is 3.03. The van der Waals surface area contributed by atoms with Gasteiger partial charge in [0.25, 0.3) is 0 Å². The summed E-state index contributed by atoms with van der Waals surface area (Å²) in [6.45, 7) is 2.81. The molecule has 3 rings (SSSR count). The second kappa shape index (κ2) is 5.42. The highest BCUT2D eigenvalue weighted by Gasteiger charge is 2.31. The van der Waals surface area contributed by atoms with Gasteiger partial charge in [-0.05, 0) is 24.6 Å². The number of likely N-dealkylation sites (tertiary alicyclic amines) is 1. The second-order valence-corrected chi connectivity index (χ2v) is 6.32. The van der Waals surface area contributed by atoms with Crippen LogP contribution in [0.5, 0.6) is 0 Å². The van der Waals surface area contributed by atoms with Crippen molar-refractivity contribution in [1.29, 1.82) is 0 Å². The van der Waals surface area contributed by atoms with E-state index in [1.807, 2.05) is 0 Å². The first kappa shape index (κ1) is 15.1. The number of amides is 1. The van der Waals surface area contributed by atoms with Gasteiger partial charge in [0.15, 0.2) is 5.13 Å². The monoisotopic (exact) mass is 329 g/mol. The maximum absolute atomic E-state index is 12.7. The maximum Gasteiger partial charge on any atom is 0.416 e. The number of hydrogen-bond donors (Lipinski definition) is 1. The molecule has 0 saturated carbocycles. The van der Waals surface area contributed by atoms with Gasteiger partial charge in [-0.25, -0.2) is 4.98 Å². The Hall–Kier alpha value is -1.83. The summed E-state index contributed by atoms with van der Waals surface area (Å²) >= 11 is 1.32. The van der Waals surface area contributed by atoms with Gasteiger partial charge in [0.2, 0.25) is 5.91 Å². The van der Waals surface area contributed by atoms with E-state index in [0.717, 1.165) is 18.6 Å². The maximum atomic E-state index is 12.7. The van der Waals surface area contributed by atoms with E-state index in [1.54, 1.807) is 4.90 Å². The van der Waals surface area contributed by atoms with E-state index in [1.165, 1.54) is 24.3 Å². The van der Waals surface area contributed by atoms with Crippen LogP contribution in [0.15, 0.2) is 18.2 Å². The fraction of sp³-hybridized carbons (Fsp3) is 0.429. The van der Waals surface area contributed by atoms with Crippen LogP contribution in [0.3, 0.4) is 0 Å². The van der Waals surface area contributed by atoms with Crippen LogP contribution in [0.4, 0.5) is 18.3 Å². The first-order chi connectivity index (χ1) is 10.3. The minimum absolute atomic E-state index is 0.0309. The van der Waals surface area contributed by atoms with Gasteiger partial charge < -0.3 is 10.2 Å². The smallest absolute Gasteiger partial charge is 0.357 e. The molecular weight excluding hydrogens is 315 g/mol. The molecule has 1 atom stereocenters. The number of carbonyl (C=O) groups excluding carboxylic acids is 1. The molecule has 1 saturated heterocycles. The first-order valence-electron chi connectivity index (χ1n) is 6.83. The van der Waals surface area contributed by atoms with Crippen molar-refractivity contribution in [1.82, 2.24) is 9.88 Å². The summed E-state index contributed by atoms with van der Waals surface area (Å²) in [5.74, 6) is 0.0309. The van der Waals surface area contributed by atoms with Gasteiger partial charge in [0.05, 0.1) is 15.8 Å². The third-order valence-corrected chi connectivity index (χ3v) is 4.64. The largest absolute Gasteiger partial charge is 0.416 e. The number of anilines is 1. The van der Waals surface area contributed by atoms with E-state index in [9.17, 15) is 18.0 Å². The predicted molar refractivity (Wildman–Crippen MR) is 78.9 cm³/mol. The van der Waals surface area contributed by atoms with Crippen LogP contribution in [0.1, 0.15) is 18.9 Å². The van der Waals surface area contributed by atoms with Crippen molar-refractivity contribution in [2.45, 2.75) is 25.6 Å². The molecule has 2 aromatic rings. The number of nitrogens with one attached hydrogen (secondary N) is 1. The fourth-order valence-electron chi connectivity index (χ4n) is 2.50. The van der Waals surface area contributed by atoms with Gasteiger partial charge in [-0.3, -0.25) is 4.79 Å². The molecular formula is C14H14F3N3OS. The molecule has 8 heteroatoms. The zero-order valence-electron chi connectivity index (χ0n) is 11.8. The Labute approximate surface area is 128 Å². The summed E-state index contributed by atoms with van der Waals surface area (Å²) in [5, 5.41) is 3.79. The van der Waals surface area contributed by atoms with E-state index < -0.39 is 11.7 Å². The van der Waals surface area contributed by atoms with Crippen LogP contribution in [-0.2, 0) is 11.0 Å². The van der Waals surface area contributed by atoms with Crippen LogP contribution in [-0.4, -0.2) is 34.9 Å². The molecule has 1 aliphatic rings. The highest BCUT2D eigenvalue weighted by atomic mass is 32.1. The summed E-state index contributed by atoms with van der Waals surface area (Å²) in [5.41, 5.74) is -0.357. The molecule has 0 radical (unpaired) electrons. The molecule has 1 fully saturated rings. The number of thiazole rings is 1. The predicted octanol–water partition coefficient (Wildman–Crippen LogP) is 3.35. The number of hydrogen-bond acceptors (Lipinski definition) is 4. The Balaban J connectivity index is 1.77. The van der Waals surface area contributed by atoms with Crippen molar-refractivity contribution in [2.75, 3.05) is 18.4 Å². The minimum Gasteiger partial charge on any atom is -0.357 e. The molecule has 118 valence electrons. The molecule has 1 amide bonds. The van der Waals surface area contributed by atoms with Crippen molar-refractivity contribution in [3.8, 4) is 0 Å². The molecule has 1 aliphatic heterocycles. The molecule has 22 heavy (non-hydrogen) atoms. The molecule has 0 spiro atoms. The Bertz CT molecular complexity index is 713. The quantitative estimate of drug-likeness (QED) is 0.919. The second-order valence-electron chi connectivity index (χ2n) is 5.29. The molecule has 0 bridgehead atoms. The van der Waals surface area contributed by atoms with E-state index in [-0.39, 0.29) is 11.9 Å². The summed E-state index contributed by atoms with van der Waals surface area (Å²) in [7, 11) is 0. The fourth-order valence-corrected chi connectivity index (χ4v) is 3.43. The lowest BCUT2D eigenvalue weighted by Gasteiger charge is -2.14. The van der Waals surface area contributed by atoms with E-state index in [2.05, 4.69) is 10.3 Å². The van der Waals surface area contributed by atoms with E-state index in [4.69, 9.17) is 0 Å². The normalized spacial score (nSPS) is 18.9. The standard InChI is InChI=1S/C14H14F3N3OS/c1-8(21)20-5-4-10(7-20)18-13-19-11-6-9(14(15,16)17)2-3-12(11)22-13/h2-3,6,10H,4-5,7H2,1H3,(H,18,19). The third-order valence-electron chi connectivity index (χ3n) is 3.68. The van der Waals surface area contributed by atoms with Gasteiger partial charge in [0, 0.05) is 26.1 Å². The summed E-state index contributed by atoms with van der Waals surface area (Å²) in [6.07, 6.45) is -3.55. The van der Waals surface area contributed by atoms with Crippen molar-refractivity contribution in [3.63, 3.8) is 0 Å². The lowest BCUT2D eigenvalue weighted by molar-refractivity contribution is -0.137. The Morgan fingerprint density at radius 2 is 2.23 bits per heavy atom. The van der Waals surface area contributed by atoms with E-state index >= 15 is 0 Å². The van der Waals surface area contributed by atoms with Crippen LogP contribution in [0.25, 0.3) is 10.2 Å². The molecule has 4 nitrogen and oxygen atoms in total. The zero-order chi connectivity index (χ0) is 15.9. The summed E-state index contributed by atoms with van der Waals surface area (Å²) < 4.78 is 38.8. The molecule has 1 N–H and O–H groups in total. The van der Waals surface area contributed by atoms with Crippen LogP contribution in [0.2, 0.25) is 0 Å². The van der Waals surface area contributed by atoms with Gasteiger partial charge in [-0.2, -0.15) is 13.2 Å². The number of nitrogens with zero attached hydrogens (tertiary/aromatic N) is 2. The van der Waals surface area contributed by atoms with Crippen molar-refractivity contribution >= 4 is 32.6 Å². The number of benzene rings is 1. The number of alkyl halides is 3. The van der Waals surface area contributed by atoms with Gasteiger partial charge >= 0.3 is 6.18 Å².